The van der Waals surface area contributed by atoms with Gasteiger partial charge in [0.05, 0.1) is 11.2 Å². The first-order valence-electron chi connectivity index (χ1n) is 8.01. The summed E-state index contributed by atoms with van der Waals surface area (Å²) in [6, 6.07) is 5.54. The van der Waals surface area contributed by atoms with Crippen LogP contribution >= 0.6 is 11.3 Å². The Morgan fingerprint density at radius 2 is 2.08 bits per heavy atom. The molecule has 4 aromatic rings. The van der Waals surface area contributed by atoms with Gasteiger partial charge in [0.25, 0.3) is 5.56 Å². The lowest BCUT2D eigenvalue weighted by Crippen LogP contribution is -2.08. The number of hydrogen-bond donors (Lipinski definition) is 1. The maximum Gasteiger partial charge on any atom is 0.269 e. The SMILES string of the molecule is CC(C)c1nn(C)cc1-c1csc2c(=O)[nH]c(-c3ccccn3)nc12. The predicted molar refractivity (Wildman–Crippen MR) is 99.8 cm³/mol. The molecular formula is C18H17N5OS. The summed E-state index contributed by atoms with van der Waals surface area (Å²) in [4.78, 5) is 24.3. The summed E-state index contributed by atoms with van der Waals surface area (Å²) in [7, 11) is 1.91. The zero-order valence-electron chi connectivity index (χ0n) is 14.1. The maximum absolute atomic E-state index is 12.5. The Balaban J connectivity index is 1.98. The highest BCUT2D eigenvalue weighted by molar-refractivity contribution is 7.17. The van der Waals surface area contributed by atoms with Gasteiger partial charge in [-0.05, 0) is 18.1 Å². The zero-order chi connectivity index (χ0) is 17.6. The number of aromatic nitrogens is 5. The minimum absolute atomic E-state index is 0.142. The van der Waals surface area contributed by atoms with Crippen LogP contribution in [0.1, 0.15) is 25.5 Å². The number of hydrogen-bond acceptors (Lipinski definition) is 5. The van der Waals surface area contributed by atoms with Crippen LogP contribution in [-0.4, -0.2) is 24.7 Å². The molecule has 4 rings (SSSR count). The molecule has 0 aliphatic carbocycles. The smallest absolute Gasteiger partial charge is 0.269 e. The summed E-state index contributed by atoms with van der Waals surface area (Å²) in [5.74, 6) is 0.760. The van der Waals surface area contributed by atoms with Crippen LogP contribution in [0, 0.1) is 0 Å². The van der Waals surface area contributed by atoms with E-state index in [-0.39, 0.29) is 11.5 Å². The van der Waals surface area contributed by atoms with Crippen molar-refractivity contribution in [2.75, 3.05) is 0 Å². The van der Waals surface area contributed by atoms with Crippen LogP contribution in [0.5, 0.6) is 0 Å². The van der Waals surface area contributed by atoms with Gasteiger partial charge in [-0.2, -0.15) is 5.10 Å². The van der Waals surface area contributed by atoms with E-state index in [9.17, 15) is 4.79 Å². The van der Waals surface area contributed by atoms with Crippen molar-refractivity contribution in [3.05, 3.63) is 52.0 Å². The third-order valence-electron chi connectivity index (χ3n) is 4.03. The van der Waals surface area contributed by atoms with Crippen LogP contribution in [0.25, 0.3) is 32.9 Å². The minimum Gasteiger partial charge on any atom is -0.304 e. The molecule has 0 saturated heterocycles. The molecule has 0 saturated carbocycles. The summed E-state index contributed by atoms with van der Waals surface area (Å²) in [5, 5.41) is 6.56. The Labute approximate surface area is 148 Å². The lowest BCUT2D eigenvalue weighted by atomic mass is 10.0. The van der Waals surface area contributed by atoms with Crippen molar-refractivity contribution in [3.63, 3.8) is 0 Å². The molecule has 0 amide bonds. The molecule has 25 heavy (non-hydrogen) atoms. The van der Waals surface area contributed by atoms with E-state index in [0.717, 1.165) is 16.8 Å². The Bertz CT molecular complexity index is 1110. The third kappa shape index (κ3) is 2.66. The van der Waals surface area contributed by atoms with E-state index in [1.165, 1.54) is 11.3 Å². The van der Waals surface area contributed by atoms with Gasteiger partial charge in [0.2, 0.25) is 0 Å². The maximum atomic E-state index is 12.5. The number of pyridine rings is 1. The fraction of sp³-hybridized carbons (Fsp3) is 0.222. The quantitative estimate of drug-likeness (QED) is 0.612. The normalized spacial score (nSPS) is 11.5. The number of aryl methyl sites for hydroxylation is 1. The standard InChI is InChI=1S/C18H17N5OS/c1-10(2)14-11(8-23(3)22-14)12-9-25-16-15(12)20-17(21-18(16)24)13-6-4-5-7-19-13/h4-10H,1-3H3,(H,20,21,24). The molecule has 0 aliphatic rings. The number of H-pyrrole nitrogens is 1. The van der Waals surface area contributed by atoms with Gasteiger partial charge in [0.1, 0.15) is 10.4 Å². The van der Waals surface area contributed by atoms with Gasteiger partial charge in [-0.25, -0.2) is 4.98 Å². The Kier molecular flexibility index (Phi) is 3.73. The predicted octanol–water partition coefficient (Wildman–Crippen LogP) is 3.57. The van der Waals surface area contributed by atoms with Crippen LogP contribution in [0.3, 0.4) is 0 Å². The van der Waals surface area contributed by atoms with Gasteiger partial charge in [-0.3, -0.25) is 14.5 Å². The fourth-order valence-electron chi connectivity index (χ4n) is 2.88. The van der Waals surface area contributed by atoms with E-state index < -0.39 is 0 Å². The van der Waals surface area contributed by atoms with Crippen molar-refractivity contribution in [1.29, 1.82) is 0 Å². The molecule has 0 radical (unpaired) electrons. The number of fused-ring (bicyclic) bond motifs is 1. The van der Waals surface area contributed by atoms with Crippen LogP contribution in [0.15, 0.2) is 40.8 Å². The molecule has 0 aromatic carbocycles. The van der Waals surface area contributed by atoms with Crippen LogP contribution in [-0.2, 0) is 7.05 Å². The van der Waals surface area contributed by atoms with Gasteiger partial charge in [0, 0.05) is 35.9 Å². The summed E-state index contributed by atoms with van der Waals surface area (Å²) in [6.45, 7) is 4.22. The van der Waals surface area contributed by atoms with Crippen molar-refractivity contribution in [2.45, 2.75) is 19.8 Å². The second kappa shape index (κ2) is 5.93. The molecule has 0 unspecified atom stereocenters. The Hall–Kier alpha value is -2.80. The molecule has 6 nitrogen and oxygen atoms in total. The Morgan fingerprint density at radius 1 is 1.24 bits per heavy atom. The van der Waals surface area contributed by atoms with Gasteiger partial charge in [-0.15, -0.1) is 11.3 Å². The summed E-state index contributed by atoms with van der Waals surface area (Å²) in [5.41, 5.74) is 4.17. The monoisotopic (exact) mass is 351 g/mol. The largest absolute Gasteiger partial charge is 0.304 e. The topological polar surface area (TPSA) is 76.5 Å². The van der Waals surface area contributed by atoms with Crippen molar-refractivity contribution in [1.82, 2.24) is 24.7 Å². The van der Waals surface area contributed by atoms with Crippen LogP contribution < -0.4 is 5.56 Å². The second-order valence-electron chi connectivity index (χ2n) is 6.21. The highest BCUT2D eigenvalue weighted by Crippen LogP contribution is 2.35. The molecule has 1 N–H and O–H groups in total. The van der Waals surface area contributed by atoms with Crippen LogP contribution in [0.2, 0.25) is 0 Å². The van der Waals surface area contributed by atoms with E-state index >= 15 is 0 Å². The van der Waals surface area contributed by atoms with E-state index in [1.54, 1.807) is 10.9 Å². The summed E-state index contributed by atoms with van der Waals surface area (Å²) >= 11 is 1.41. The number of aromatic amines is 1. The highest BCUT2D eigenvalue weighted by atomic mass is 32.1. The molecule has 0 fully saturated rings. The van der Waals surface area contributed by atoms with Gasteiger partial charge in [0.15, 0.2) is 5.82 Å². The number of nitrogens with one attached hydrogen (secondary N) is 1. The molecular weight excluding hydrogens is 334 g/mol. The molecule has 0 atom stereocenters. The lowest BCUT2D eigenvalue weighted by molar-refractivity contribution is 0.713. The average molecular weight is 351 g/mol. The highest BCUT2D eigenvalue weighted by Gasteiger charge is 2.19. The average Bonchev–Trinajstić information content (AvgIpc) is 3.19. The van der Waals surface area contributed by atoms with Crippen LogP contribution in [0.4, 0.5) is 0 Å². The molecule has 126 valence electrons. The minimum atomic E-state index is -0.142. The number of nitrogens with zero attached hydrogens (tertiary/aromatic N) is 4. The summed E-state index contributed by atoms with van der Waals surface area (Å²) in [6.07, 6.45) is 3.67. The van der Waals surface area contributed by atoms with Gasteiger partial charge >= 0.3 is 0 Å². The van der Waals surface area contributed by atoms with Crippen molar-refractivity contribution >= 4 is 21.6 Å². The van der Waals surface area contributed by atoms with E-state index in [4.69, 9.17) is 4.98 Å². The first-order chi connectivity index (χ1) is 12.0. The van der Waals surface area contributed by atoms with Crippen molar-refractivity contribution in [3.8, 4) is 22.6 Å². The zero-order valence-corrected chi connectivity index (χ0v) is 15.0. The van der Waals surface area contributed by atoms with E-state index in [1.807, 2.05) is 36.8 Å². The molecule has 4 heterocycles. The van der Waals surface area contributed by atoms with Crippen molar-refractivity contribution in [2.24, 2.45) is 7.05 Å². The van der Waals surface area contributed by atoms with E-state index in [0.29, 0.717) is 21.7 Å². The second-order valence-corrected chi connectivity index (χ2v) is 7.09. The first kappa shape index (κ1) is 15.7. The fourth-order valence-corrected chi connectivity index (χ4v) is 3.78. The molecule has 7 heteroatoms. The van der Waals surface area contributed by atoms with Gasteiger partial charge in [-0.1, -0.05) is 19.9 Å². The third-order valence-corrected chi connectivity index (χ3v) is 5.00. The molecule has 4 aromatic heterocycles. The number of rotatable bonds is 3. The van der Waals surface area contributed by atoms with Gasteiger partial charge < -0.3 is 4.98 Å². The lowest BCUT2D eigenvalue weighted by Gasteiger charge is -2.05. The number of thiophene rings is 1. The Morgan fingerprint density at radius 3 is 2.80 bits per heavy atom. The molecule has 0 aliphatic heterocycles. The van der Waals surface area contributed by atoms with E-state index in [2.05, 4.69) is 28.9 Å². The summed E-state index contributed by atoms with van der Waals surface area (Å²) < 4.78 is 2.43. The van der Waals surface area contributed by atoms with Crippen molar-refractivity contribution < 1.29 is 0 Å². The molecule has 0 bridgehead atoms. The molecule has 0 spiro atoms. The first-order valence-corrected chi connectivity index (χ1v) is 8.89.